The van der Waals surface area contributed by atoms with Crippen molar-refractivity contribution in [1.29, 1.82) is 0 Å². The summed E-state index contributed by atoms with van der Waals surface area (Å²) in [5.41, 5.74) is 0.832. The number of nitrogens with one attached hydrogen (secondary N) is 2. The molecular formula is C22H29N3O4. The average Bonchev–Trinajstić information content (AvgIpc) is 2.65. The molecule has 2 N–H and O–H groups in total. The van der Waals surface area contributed by atoms with Crippen molar-refractivity contribution in [2.24, 2.45) is 17.3 Å². The Morgan fingerprint density at radius 1 is 1.24 bits per heavy atom. The molecule has 4 atom stereocenters. The maximum atomic E-state index is 12.3. The highest BCUT2D eigenvalue weighted by atomic mass is 16.6. The molecule has 1 saturated carbocycles. The van der Waals surface area contributed by atoms with Crippen molar-refractivity contribution in [1.82, 2.24) is 10.6 Å². The molecule has 2 aliphatic rings. The number of nitrogens with zero attached hydrogens (tertiary/aromatic N) is 1. The van der Waals surface area contributed by atoms with Crippen molar-refractivity contribution in [2.75, 3.05) is 0 Å². The highest BCUT2D eigenvalue weighted by Crippen LogP contribution is 2.44. The number of rotatable bonds is 4. The van der Waals surface area contributed by atoms with E-state index in [-0.39, 0.29) is 35.0 Å². The van der Waals surface area contributed by atoms with Crippen LogP contribution >= 0.6 is 0 Å². The van der Waals surface area contributed by atoms with Gasteiger partial charge in [0.25, 0.3) is 5.69 Å². The number of fused-ring (bicyclic) bond motifs is 1. The normalized spacial score (nSPS) is 27.2. The first-order chi connectivity index (χ1) is 13.6. The Kier molecular flexibility index (Phi) is 6.05. The molecule has 7 nitrogen and oxygen atoms in total. The highest BCUT2D eigenvalue weighted by molar-refractivity contribution is 5.92. The molecule has 0 radical (unpaired) electrons. The third-order valence-electron chi connectivity index (χ3n) is 6.16. The van der Waals surface area contributed by atoms with Crippen LogP contribution in [0.3, 0.4) is 0 Å². The minimum Gasteiger partial charge on any atom is -0.353 e. The van der Waals surface area contributed by atoms with Crippen molar-refractivity contribution in [3.63, 3.8) is 0 Å². The van der Waals surface area contributed by atoms with Crippen LogP contribution in [0.4, 0.5) is 5.69 Å². The first-order valence-electron chi connectivity index (χ1n) is 10.2. The molecule has 1 heterocycles. The van der Waals surface area contributed by atoms with Gasteiger partial charge in [0.05, 0.1) is 4.92 Å². The van der Waals surface area contributed by atoms with Gasteiger partial charge in [0.15, 0.2) is 0 Å². The molecule has 2 fully saturated rings. The van der Waals surface area contributed by atoms with Gasteiger partial charge in [0.2, 0.25) is 11.8 Å². The van der Waals surface area contributed by atoms with E-state index < -0.39 is 4.92 Å². The van der Waals surface area contributed by atoms with Crippen molar-refractivity contribution in [3.05, 3.63) is 46.0 Å². The summed E-state index contributed by atoms with van der Waals surface area (Å²) < 4.78 is 0. The topological polar surface area (TPSA) is 101 Å². The summed E-state index contributed by atoms with van der Waals surface area (Å²) in [7, 11) is 0. The molecule has 0 aromatic heterocycles. The first kappa shape index (κ1) is 21.0. The summed E-state index contributed by atoms with van der Waals surface area (Å²) in [4.78, 5) is 34.7. The van der Waals surface area contributed by atoms with Crippen LogP contribution in [0.5, 0.6) is 0 Å². The van der Waals surface area contributed by atoms with Crippen LogP contribution < -0.4 is 10.6 Å². The lowest BCUT2D eigenvalue weighted by Gasteiger charge is -2.48. The second-order valence-electron chi connectivity index (χ2n) is 9.22. The summed E-state index contributed by atoms with van der Waals surface area (Å²) in [6.07, 6.45) is 6.32. The molecule has 1 aromatic rings. The van der Waals surface area contributed by atoms with Gasteiger partial charge in [-0.05, 0) is 60.3 Å². The zero-order valence-electron chi connectivity index (χ0n) is 17.2. The lowest BCUT2D eigenvalue weighted by molar-refractivity contribution is -0.384. The fourth-order valence-electron chi connectivity index (χ4n) is 4.67. The lowest BCUT2D eigenvalue weighted by Crippen LogP contribution is -2.57. The van der Waals surface area contributed by atoms with Crippen molar-refractivity contribution in [2.45, 2.75) is 58.5 Å². The largest absolute Gasteiger partial charge is 0.353 e. The molecule has 0 spiro atoms. The van der Waals surface area contributed by atoms with E-state index in [9.17, 15) is 19.7 Å². The van der Waals surface area contributed by atoms with Gasteiger partial charge in [0, 0.05) is 36.7 Å². The number of carbonyl (C=O) groups is 2. The highest BCUT2D eigenvalue weighted by Gasteiger charge is 2.45. The summed E-state index contributed by atoms with van der Waals surface area (Å²) in [5, 5.41) is 16.9. The zero-order valence-corrected chi connectivity index (χ0v) is 17.2. The number of carbonyl (C=O) groups excluding carboxylic acids is 2. The van der Waals surface area contributed by atoms with E-state index in [2.05, 4.69) is 31.4 Å². The number of hydrogen-bond acceptors (Lipinski definition) is 4. The Bertz CT molecular complexity index is 810. The van der Waals surface area contributed by atoms with E-state index in [1.807, 2.05) is 0 Å². The lowest BCUT2D eigenvalue weighted by atomic mass is 9.62. The standard InChI is InChI=1S/C22H29N3O4/c1-22(2,3)18-13-21(27)24-19-12-15(7-10-17(18)19)23-20(26)11-6-14-4-8-16(9-5-14)25(28)29/h4-6,8-9,11,15,17-19H,7,10,12-13H2,1-3H3,(H,23,26)(H,24,27)/b11-6-. The molecular weight excluding hydrogens is 370 g/mol. The summed E-state index contributed by atoms with van der Waals surface area (Å²) in [6, 6.07) is 6.18. The Hall–Kier alpha value is -2.70. The van der Waals surface area contributed by atoms with E-state index in [1.165, 1.54) is 18.2 Å². The number of nitro benzene ring substituents is 1. The second-order valence-corrected chi connectivity index (χ2v) is 9.22. The predicted molar refractivity (Wildman–Crippen MR) is 111 cm³/mol. The van der Waals surface area contributed by atoms with Gasteiger partial charge in [-0.2, -0.15) is 0 Å². The molecule has 29 heavy (non-hydrogen) atoms. The van der Waals surface area contributed by atoms with Crippen LogP contribution in [0, 0.1) is 27.4 Å². The summed E-state index contributed by atoms with van der Waals surface area (Å²) >= 11 is 0. The van der Waals surface area contributed by atoms with Gasteiger partial charge in [-0.15, -0.1) is 0 Å². The van der Waals surface area contributed by atoms with E-state index in [4.69, 9.17) is 0 Å². The number of hydrogen-bond donors (Lipinski definition) is 2. The van der Waals surface area contributed by atoms with Crippen LogP contribution in [-0.2, 0) is 9.59 Å². The monoisotopic (exact) mass is 399 g/mol. The Labute approximate surface area is 171 Å². The van der Waals surface area contributed by atoms with Crippen molar-refractivity contribution in [3.8, 4) is 0 Å². The fourth-order valence-corrected chi connectivity index (χ4v) is 4.67. The minimum atomic E-state index is -0.454. The van der Waals surface area contributed by atoms with Crippen LogP contribution in [0.2, 0.25) is 0 Å². The third kappa shape index (κ3) is 5.22. The molecule has 1 aliphatic heterocycles. The second kappa shape index (κ2) is 8.35. The molecule has 1 saturated heterocycles. The zero-order chi connectivity index (χ0) is 21.2. The van der Waals surface area contributed by atoms with Gasteiger partial charge in [-0.1, -0.05) is 20.8 Å². The molecule has 1 aromatic carbocycles. The van der Waals surface area contributed by atoms with E-state index in [0.29, 0.717) is 18.3 Å². The molecule has 156 valence electrons. The number of benzene rings is 1. The molecule has 1 aliphatic carbocycles. The Morgan fingerprint density at radius 2 is 1.93 bits per heavy atom. The number of amides is 2. The molecule has 3 rings (SSSR count). The maximum absolute atomic E-state index is 12.3. The van der Waals surface area contributed by atoms with Crippen LogP contribution in [0.15, 0.2) is 30.3 Å². The molecule has 4 unspecified atom stereocenters. The molecule has 0 bridgehead atoms. The number of piperidine rings is 1. The quantitative estimate of drug-likeness (QED) is 0.460. The first-order valence-corrected chi connectivity index (χ1v) is 10.2. The van der Waals surface area contributed by atoms with Crippen molar-refractivity contribution >= 4 is 23.6 Å². The van der Waals surface area contributed by atoms with E-state index in [1.54, 1.807) is 18.2 Å². The van der Waals surface area contributed by atoms with E-state index >= 15 is 0 Å². The fraction of sp³-hybridized carbons (Fsp3) is 0.545. The maximum Gasteiger partial charge on any atom is 0.269 e. The van der Waals surface area contributed by atoms with Crippen LogP contribution in [-0.4, -0.2) is 28.8 Å². The smallest absolute Gasteiger partial charge is 0.269 e. The number of non-ortho nitro benzene ring substituents is 1. The van der Waals surface area contributed by atoms with Gasteiger partial charge < -0.3 is 10.6 Å². The SMILES string of the molecule is CC(C)(C)C1CC(=O)NC2CC(NC(=O)/C=C\c3ccc([N+](=O)[O-])cc3)CCC21. The minimum absolute atomic E-state index is 0.0199. The predicted octanol–water partition coefficient (Wildman–Crippen LogP) is 3.44. The van der Waals surface area contributed by atoms with Gasteiger partial charge in [-0.3, -0.25) is 19.7 Å². The van der Waals surface area contributed by atoms with E-state index in [0.717, 1.165) is 24.8 Å². The Balaban J connectivity index is 1.57. The summed E-state index contributed by atoms with van der Waals surface area (Å²) in [6.45, 7) is 6.60. The molecule has 2 amide bonds. The average molecular weight is 399 g/mol. The molecule has 7 heteroatoms. The van der Waals surface area contributed by atoms with Gasteiger partial charge >= 0.3 is 0 Å². The van der Waals surface area contributed by atoms with Gasteiger partial charge in [0.1, 0.15) is 0 Å². The Morgan fingerprint density at radius 3 is 2.55 bits per heavy atom. The van der Waals surface area contributed by atoms with Crippen molar-refractivity contribution < 1.29 is 14.5 Å². The third-order valence-corrected chi connectivity index (χ3v) is 6.16. The summed E-state index contributed by atoms with van der Waals surface area (Å²) in [5.74, 6) is 0.731. The number of nitro groups is 1. The van der Waals surface area contributed by atoms with Gasteiger partial charge in [-0.25, -0.2) is 0 Å². The van der Waals surface area contributed by atoms with Crippen LogP contribution in [0.1, 0.15) is 52.0 Å². The van der Waals surface area contributed by atoms with Crippen LogP contribution in [0.25, 0.3) is 6.08 Å².